The number of nitrogens with zero attached hydrogens (tertiary/aromatic N) is 3. The number of nitrogens with one attached hydrogen (secondary N) is 1. The van der Waals surface area contributed by atoms with Gasteiger partial charge in [0, 0.05) is 11.1 Å². The van der Waals surface area contributed by atoms with E-state index in [1.807, 2.05) is 13.1 Å². The van der Waals surface area contributed by atoms with Crippen molar-refractivity contribution in [2.45, 2.75) is 20.1 Å². The molecule has 0 unspecified atom stereocenters. The van der Waals surface area contributed by atoms with Crippen molar-refractivity contribution in [3.63, 3.8) is 0 Å². The first-order valence-electron chi connectivity index (χ1n) is 4.37. The summed E-state index contributed by atoms with van der Waals surface area (Å²) in [5.41, 5.74) is 0. The number of aliphatic hydroxyl groups is 1. The fourth-order valence-corrected chi connectivity index (χ4v) is 2.24. The minimum atomic E-state index is -0.127. The van der Waals surface area contributed by atoms with Crippen LogP contribution in [0.1, 0.15) is 15.7 Å². The maximum atomic E-state index is 9.05. The molecule has 2 heterocycles. The summed E-state index contributed by atoms with van der Waals surface area (Å²) < 4.78 is 2.25. The number of aliphatic hydroxyl groups excluding tert-OH is 1. The highest BCUT2D eigenvalue weighted by atomic mass is 32.1. The zero-order valence-corrected chi connectivity index (χ0v) is 9.73. The van der Waals surface area contributed by atoms with E-state index in [4.69, 9.17) is 17.3 Å². The van der Waals surface area contributed by atoms with Crippen LogP contribution in [0.3, 0.4) is 0 Å². The van der Waals surface area contributed by atoms with E-state index < -0.39 is 0 Å². The van der Waals surface area contributed by atoms with E-state index in [0.717, 1.165) is 9.88 Å². The quantitative estimate of drug-likeness (QED) is 0.795. The van der Waals surface area contributed by atoms with Crippen molar-refractivity contribution in [3.05, 3.63) is 26.7 Å². The lowest BCUT2D eigenvalue weighted by Gasteiger charge is -2.01. The zero-order chi connectivity index (χ0) is 10.8. The van der Waals surface area contributed by atoms with Gasteiger partial charge in [-0.25, -0.2) is 4.98 Å². The van der Waals surface area contributed by atoms with Crippen molar-refractivity contribution < 1.29 is 5.11 Å². The van der Waals surface area contributed by atoms with Gasteiger partial charge >= 0.3 is 0 Å². The number of hydrogen-bond acceptors (Lipinski definition) is 5. The van der Waals surface area contributed by atoms with E-state index in [1.54, 1.807) is 15.9 Å². The lowest BCUT2D eigenvalue weighted by atomic mass is 10.5. The molecule has 2 aromatic heterocycles. The van der Waals surface area contributed by atoms with Crippen molar-refractivity contribution >= 4 is 23.6 Å². The Morgan fingerprint density at radius 1 is 1.67 bits per heavy atom. The van der Waals surface area contributed by atoms with Gasteiger partial charge in [0.2, 0.25) is 0 Å². The Hall–Kier alpha value is -1.05. The van der Waals surface area contributed by atoms with Crippen molar-refractivity contribution in [2.75, 3.05) is 0 Å². The molecule has 0 atom stereocenters. The second-order valence-electron chi connectivity index (χ2n) is 3.05. The molecule has 0 radical (unpaired) electrons. The van der Waals surface area contributed by atoms with Gasteiger partial charge in [-0.3, -0.25) is 9.67 Å². The SMILES string of the molecule is Cc1cnc(Cn2c(CO)n[nH]c2=S)s1. The van der Waals surface area contributed by atoms with E-state index in [9.17, 15) is 0 Å². The maximum Gasteiger partial charge on any atom is 0.195 e. The number of aryl methyl sites for hydroxylation is 1. The second-order valence-corrected chi connectivity index (χ2v) is 4.76. The van der Waals surface area contributed by atoms with Gasteiger partial charge in [0.1, 0.15) is 11.6 Å². The van der Waals surface area contributed by atoms with Gasteiger partial charge in [-0.05, 0) is 19.1 Å². The van der Waals surface area contributed by atoms with Crippen LogP contribution >= 0.6 is 23.6 Å². The normalized spacial score (nSPS) is 10.8. The van der Waals surface area contributed by atoms with Crippen molar-refractivity contribution in [2.24, 2.45) is 0 Å². The molecule has 5 nitrogen and oxygen atoms in total. The van der Waals surface area contributed by atoms with Crippen LogP contribution in [0.25, 0.3) is 0 Å². The van der Waals surface area contributed by atoms with E-state index in [2.05, 4.69) is 15.2 Å². The van der Waals surface area contributed by atoms with Crippen molar-refractivity contribution in [3.8, 4) is 0 Å². The smallest absolute Gasteiger partial charge is 0.195 e. The molecule has 2 aromatic rings. The standard InChI is InChI=1S/C8H10N4OS2/c1-5-2-9-7(15-5)3-12-6(4-13)10-11-8(12)14/h2,13H,3-4H2,1H3,(H,11,14). The summed E-state index contributed by atoms with van der Waals surface area (Å²) in [6, 6.07) is 0. The average Bonchev–Trinajstić information content (AvgIpc) is 2.76. The van der Waals surface area contributed by atoms with Crippen molar-refractivity contribution in [1.29, 1.82) is 0 Å². The molecule has 7 heteroatoms. The van der Waals surface area contributed by atoms with E-state index in [1.165, 1.54) is 0 Å². The van der Waals surface area contributed by atoms with Crippen LogP contribution in [0.5, 0.6) is 0 Å². The predicted molar refractivity (Wildman–Crippen MR) is 59.3 cm³/mol. The number of H-pyrrole nitrogens is 1. The predicted octanol–water partition coefficient (Wildman–Crippen LogP) is 1.25. The molecule has 0 spiro atoms. The number of thiazole rings is 1. The summed E-state index contributed by atoms with van der Waals surface area (Å²) in [7, 11) is 0. The summed E-state index contributed by atoms with van der Waals surface area (Å²) in [6.45, 7) is 2.43. The summed E-state index contributed by atoms with van der Waals surface area (Å²) in [4.78, 5) is 5.39. The van der Waals surface area contributed by atoms with Gasteiger partial charge in [-0.15, -0.1) is 11.3 Å². The second kappa shape index (κ2) is 4.21. The van der Waals surface area contributed by atoms with Gasteiger partial charge in [0.15, 0.2) is 10.6 Å². The fourth-order valence-electron chi connectivity index (χ4n) is 1.24. The summed E-state index contributed by atoms with van der Waals surface area (Å²) in [5.74, 6) is 0.535. The van der Waals surface area contributed by atoms with Crippen LogP contribution in [-0.4, -0.2) is 24.9 Å². The average molecular weight is 242 g/mol. The monoisotopic (exact) mass is 242 g/mol. The third-order valence-electron chi connectivity index (χ3n) is 1.94. The topological polar surface area (TPSA) is 66.7 Å². The Labute approximate surface area is 95.4 Å². The Bertz CT molecular complexity index is 513. The first kappa shape index (κ1) is 10.5. The van der Waals surface area contributed by atoms with Gasteiger partial charge in [-0.2, -0.15) is 5.10 Å². The fraction of sp³-hybridized carbons (Fsp3) is 0.375. The Kier molecular flexibility index (Phi) is 2.94. The molecule has 0 aromatic carbocycles. The Morgan fingerprint density at radius 2 is 2.47 bits per heavy atom. The summed E-state index contributed by atoms with van der Waals surface area (Å²) >= 11 is 6.67. The van der Waals surface area contributed by atoms with Crippen LogP contribution in [0.4, 0.5) is 0 Å². The number of rotatable bonds is 3. The molecular weight excluding hydrogens is 232 g/mol. The number of aromatic nitrogens is 4. The maximum absolute atomic E-state index is 9.05. The molecule has 80 valence electrons. The van der Waals surface area contributed by atoms with Crippen LogP contribution < -0.4 is 0 Å². The van der Waals surface area contributed by atoms with Crippen LogP contribution in [0, 0.1) is 11.7 Å². The molecule has 0 aliphatic rings. The Morgan fingerprint density at radius 3 is 3.07 bits per heavy atom. The minimum absolute atomic E-state index is 0.127. The van der Waals surface area contributed by atoms with Gasteiger partial charge in [0.25, 0.3) is 0 Å². The molecule has 2 N–H and O–H groups in total. The highest BCUT2D eigenvalue weighted by Gasteiger charge is 2.07. The highest BCUT2D eigenvalue weighted by molar-refractivity contribution is 7.71. The molecule has 0 saturated carbocycles. The molecule has 2 rings (SSSR count). The van der Waals surface area contributed by atoms with E-state index in [-0.39, 0.29) is 6.61 Å². The molecule has 15 heavy (non-hydrogen) atoms. The van der Waals surface area contributed by atoms with Gasteiger partial charge < -0.3 is 5.11 Å². The molecule has 0 aliphatic carbocycles. The summed E-state index contributed by atoms with van der Waals surface area (Å²) in [6.07, 6.45) is 1.82. The first-order valence-corrected chi connectivity index (χ1v) is 5.59. The first-order chi connectivity index (χ1) is 7.20. The van der Waals surface area contributed by atoms with Gasteiger partial charge in [-0.1, -0.05) is 0 Å². The highest BCUT2D eigenvalue weighted by Crippen LogP contribution is 2.13. The number of aromatic amines is 1. The third kappa shape index (κ3) is 2.14. The molecule has 0 saturated heterocycles. The van der Waals surface area contributed by atoms with Gasteiger partial charge in [0.05, 0.1) is 6.54 Å². The van der Waals surface area contributed by atoms with Crippen LogP contribution in [0.2, 0.25) is 0 Å². The van der Waals surface area contributed by atoms with Crippen LogP contribution in [-0.2, 0) is 13.2 Å². The van der Waals surface area contributed by atoms with Crippen LogP contribution in [0.15, 0.2) is 6.20 Å². The lowest BCUT2D eigenvalue weighted by molar-refractivity contribution is 0.265. The van der Waals surface area contributed by atoms with E-state index in [0.29, 0.717) is 17.1 Å². The van der Waals surface area contributed by atoms with Crippen molar-refractivity contribution in [1.82, 2.24) is 19.7 Å². The third-order valence-corrected chi connectivity index (χ3v) is 3.15. The molecule has 0 aliphatic heterocycles. The number of hydrogen-bond donors (Lipinski definition) is 2. The van der Waals surface area contributed by atoms with E-state index >= 15 is 0 Å². The molecule has 0 bridgehead atoms. The lowest BCUT2D eigenvalue weighted by Crippen LogP contribution is -2.04. The molecule has 0 fully saturated rings. The molecule has 0 amide bonds. The minimum Gasteiger partial charge on any atom is -0.388 e. The zero-order valence-electron chi connectivity index (χ0n) is 8.10. The Balaban J connectivity index is 2.31. The molecular formula is C8H10N4OS2. The summed E-state index contributed by atoms with van der Waals surface area (Å²) in [5, 5.41) is 16.6. The largest absolute Gasteiger partial charge is 0.388 e.